The Morgan fingerprint density at radius 3 is 2.62 bits per heavy atom. The number of rotatable bonds is 10. The fraction of sp³-hybridized carbons (Fsp3) is 0.714. The van der Waals surface area contributed by atoms with Crippen molar-refractivity contribution in [1.29, 1.82) is 0 Å². The second kappa shape index (κ2) is 13.6. The van der Waals surface area contributed by atoms with E-state index in [1.54, 1.807) is 25.7 Å². The molecule has 0 aromatic heterocycles. The second-order valence-electron chi connectivity index (χ2n) is 8.39. The number of carbonyl (C=O) groups excluding carboxylic acids is 2. The van der Waals surface area contributed by atoms with Crippen molar-refractivity contribution in [2.75, 3.05) is 19.8 Å². The average Bonchev–Trinajstić information content (AvgIpc) is 2.67. The minimum atomic E-state index is -0.850. The maximum Gasteiger partial charge on any atom is 0.437 e. The predicted octanol–water partition coefficient (Wildman–Crippen LogP) is 2.60. The molecular formula is C21H36N4O7. The zero-order valence-electron chi connectivity index (χ0n) is 19.2. The molecule has 1 saturated heterocycles. The van der Waals surface area contributed by atoms with Gasteiger partial charge in [0.05, 0.1) is 6.04 Å². The number of amides is 2. The van der Waals surface area contributed by atoms with Crippen LogP contribution in [0, 0.1) is 0 Å². The normalized spacial score (nSPS) is 19.2. The third kappa shape index (κ3) is 11.0. The number of alkyl carbamates (subject to hydrolysis) is 1. The Labute approximate surface area is 189 Å². The summed E-state index contributed by atoms with van der Waals surface area (Å²) in [5.74, 6) is -0.913. The van der Waals surface area contributed by atoms with E-state index in [9.17, 15) is 14.4 Å². The number of hydrogen-bond donors (Lipinski definition) is 3. The van der Waals surface area contributed by atoms with Crippen LogP contribution < -0.4 is 11.1 Å². The number of hydrogen-bond acceptors (Lipinski definition) is 6. The Morgan fingerprint density at radius 1 is 1.28 bits per heavy atom. The highest BCUT2D eigenvalue weighted by Gasteiger charge is 2.35. The first-order valence-electron chi connectivity index (χ1n) is 10.7. The Balaban J connectivity index is 2.85. The summed E-state index contributed by atoms with van der Waals surface area (Å²) in [6.45, 7) is 9.58. The number of piperidine rings is 1. The summed E-state index contributed by atoms with van der Waals surface area (Å²) in [7, 11) is 0. The van der Waals surface area contributed by atoms with Gasteiger partial charge < -0.3 is 35.3 Å². The summed E-state index contributed by atoms with van der Waals surface area (Å²) in [6.07, 6.45) is 2.57. The van der Waals surface area contributed by atoms with Gasteiger partial charge in [-0.1, -0.05) is 19.1 Å². The van der Waals surface area contributed by atoms with E-state index in [0.29, 0.717) is 45.3 Å². The van der Waals surface area contributed by atoms with E-state index in [4.69, 9.17) is 25.1 Å². The number of ether oxygens (including phenoxy) is 3. The number of unbranched alkanes of at least 4 members (excludes halogenated alkanes) is 2. The molecule has 0 spiro atoms. The molecule has 0 aromatic carbocycles. The van der Waals surface area contributed by atoms with Crippen molar-refractivity contribution in [3.05, 3.63) is 12.7 Å². The van der Waals surface area contributed by atoms with Crippen LogP contribution in [0.1, 0.15) is 59.3 Å². The van der Waals surface area contributed by atoms with E-state index in [-0.39, 0.29) is 19.0 Å². The minimum absolute atomic E-state index is 0.00864. The van der Waals surface area contributed by atoms with Gasteiger partial charge in [0, 0.05) is 19.6 Å². The van der Waals surface area contributed by atoms with Gasteiger partial charge in [0.1, 0.15) is 12.2 Å². The molecule has 1 fully saturated rings. The first kappa shape index (κ1) is 27.2. The fourth-order valence-electron chi connectivity index (χ4n) is 3.10. The van der Waals surface area contributed by atoms with E-state index >= 15 is 0 Å². The predicted molar refractivity (Wildman–Crippen MR) is 118 cm³/mol. The van der Waals surface area contributed by atoms with E-state index in [1.165, 1.54) is 6.08 Å². The Bertz CT molecular complexity index is 676. The number of guanidine groups is 1. The highest BCUT2D eigenvalue weighted by atomic mass is 16.6. The number of carbonyl (C=O) groups is 3. The second-order valence-corrected chi connectivity index (χ2v) is 8.39. The summed E-state index contributed by atoms with van der Waals surface area (Å²) < 4.78 is 16.2. The average molecular weight is 457 g/mol. The number of aliphatic imine (C=N–C) groups is 1. The van der Waals surface area contributed by atoms with Crippen LogP contribution in [0.2, 0.25) is 0 Å². The van der Waals surface area contributed by atoms with Crippen LogP contribution in [-0.4, -0.2) is 71.8 Å². The molecule has 32 heavy (non-hydrogen) atoms. The standard InChI is InChI=1S/C21H36N4O7/c1-5-13-31-19(28)24-18(22)25-12-9-10-15(23-20(29)32-21(2,3)4)17(25)30-14-8-6-7-11-16(26)27/h5,15,17H,1,6-14H2,2-4H3,(H,23,29)(H,26,27)(H2,22,24,28)/t15-,17?/m0/s1. The number of likely N-dealkylation sites (tertiary alicyclic amines) is 1. The molecule has 0 radical (unpaired) electrons. The molecule has 0 saturated carbocycles. The zero-order valence-corrected chi connectivity index (χ0v) is 19.2. The van der Waals surface area contributed by atoms with Crippen molar-refractivity contribution >= 4 is 24.1 Å². The maximum atomic E-state index is 12.3. The van der Waals surface area contributed by atoms with Crippen LogP contribution in [0.4, 0.5) is 9.59 Å². The van der Waals surface area contributed by atoms with Gasteiger partial charge in [0.15, 0.2) is 6.23 Å². The van der Waals surface area contributed by atoms with Crippen molar-refractivity contribution in [1.82, 2.24) is 10.2 Å². The van der Waals surface area contributed by atoms with Gasteiger partial charge in [-0.15, -0.1) is 4.99 Å². The van der Waals surface area contributed by atoms with Crippen LogP contribution in [0.15, 0.2) is 17.6 Å². The molecule has 182 valence electrons. The molecule has 1 unspecified atom stereocenters. The molecule has 0 aliphatic carbocycles. The highest BCUT2D eigenvalue weighted by molar-refractivity contribution is 5.89. The van der Waals surface area contributed by atoms with Crippen molar-refractivity contribution in [2.24, 2.45) is 10.7 Å². The summed E-state index contributed by atoms with van der Waals surface area (Å²) in [4.78, 5) is 40.1. The summed E-state index contributed by atoms with van der Waals surface area (Å²) >= 11 is 0. The molecule has 1 aliphatic heterocycles. The van der Waals surface area contributed by atoms with E-state index in [2.05, 4.69) is 16.9 Å². The lowest BCUT2D eigenvalue weighted by Gasteiger charge is -2.41. The maximum absolute atomic E-state index is 12.3. The number of aliphatic carboxylic acids is 1. The van der Waals surface area contributed by atoms with Crippen LogP contribution >= 0.6 is 0 Å². The SMILES string of the molecule is C=CCOC(=O)/N=C(\N)N1CCC[C@H](NC(=O)OC(C)(C)C)C1OCCCCCC(=O)O. The van der Waals surface area contributed by atoms with E-state index in [0.717, 1.165) is 0 Å². The monoisotopic (exact) mass is 456 g/mol. The minimum Gasteiger partial charge on any atom is -0.481 e. The molecule has 1 rings (SSSR count). The number of carboxylic acid groups (broad SMARTS) is 1. The number of nitrogens with zero attached hydrogens (tertiary/aromatic N) is 2. The lowest BCUT2D eigenvalue weighted by Crippen LogP contribution is -2.60. The Morgan fingerprint density at radius 2 is 2.00 bits per heavy atom. The van der Waals surface area contributed by atoms with Gasteiger partial charge in [-0.25, -0.2) is 9.59 Å². The third-order valence-corrected chi connectivity index (χ3v) is 4.42. The van der Waals surface area contributed by atoms with E-state index < -0.39 is 36.0 Å². The highest BCUT2D eigenvalue weighted by Crippen LogP contribution is 2.20. The van der Waals surface area contributed by atoms with Gasteiger partial charge in [-0.3, -0.25) is 4.79 Å². The molecule has 11 nitrogen and oxygen atoms in total. The van der Waals surface area contributed by atoms with Crippen LogP contribution in [-0.2, 0) is 19.0 Å². The van der Waals surface area contributed by atoms with E-state index in [1.807, 2.05) is 0 Å². The molecule has 0 aromatic rings. The Hall–Kier alpha value is -2.82. The molecule has 4 N–H and O–H groups in total. The van der Waals surface area contributed by atoms with Crippen molar-refractivity contribution in [3.8, 4) is 0 Å². The quantitative estimate of drug-likeness (QED) is 0.195. The van der Waals surface area contributed by atoms with Crippen LogP contribution in [0.25, 0.3) is 0 Å². The topological polar surface area (TPSA) is 153 Å². The number of nitrogens with one attached hydrogen (secondary N) is 1. The van der Waals surface area contributed by atoms with Gasteiger partial charge in [0.25, 0.3) is 0 Å². The number of carboxylic acids is 1. The van der Waals surface area contributed by atoms with Crippen molar-refractivity contribution in [3.63, 3.8) is 0 Å². The molecule has 1 aliphatic rings. The number of nitrogens with two attached hydrogens (primary N) is 1. The van der Waals surface area contributed by atoms with Crippen molar-refractivity contribution in [2.45, 2.75) is 77.2 Å². The van der Waals surface area contributed by atoms with Gasteiger partial charge in [0.2, 0.25) is 5.96 Å². The molecule has 11 heteroatoms. The fourth-order valence-corrected chi connectivity index (χ4v) is 3.10. The lowest BCUT2D eigenvalue weighted by atomic mass is 10.0. The first-order chi connectivity index (χ1) is 15.0. The largest absolute Gasteiger partial charge is 0.481 e. The Kier molecular flexibility index (Phi) is 11.5. The molecule has 2 amide bonds. The lowest BCUT2D eigenvalue weighted by molar-refractivity contribution is -0.137. The smallest absolute Gasteiger partial charge is 0.437 e. The summed E-state index contributed by atoms with van der Waals surface area (Å²) in [5, 5.41) is 11.6. The zero-order chi connectivity index (χ0) is 24.1. The van der Waals surface area contributed by atoms with Gasteiger partial charge >= 0.3 is 18.2 Å². The first-order valence-corrected chi connectivity index (χ1v) is 10.7. The summed E-state index contributed by atoms with van der Waals surface area (Å²) in [6, 6.07) is -0.449. The van der Waals surface area contributed by atoms with Crippen LogP contribution in [0.3, 0.4) is 0 Å². The summed E-state index contributed by atoms with van der Waals surface area (Å²) in [5.41, 5.74) is 5.39. The molecule has 1 heterocycles. The van der Waals surface area contributed by atoms with Crippen molar-refractivity contribution < 1.29 is 33.7 Å². The van der Waals surface area contributed by atoms with Gasteiger partial charge in [-0.05, 0) is 46.5 Å². The van der Waals surface area contributed by atoms with Gasteiger partial charge in [-0.2, -0.15) is 0 Å². The molecule has 0 bridgehead atoms. The van der Waals surface area contributed by atoms with Crippen LogP contribution in [0.5, 0.6) is 0 Å². The third-order valence-electron chi connectivity index (χ3n) is 4.42. The molecular weight excluding hydrogens is 420 g/mol. The molecule has 2 atom stereocenters.